The third-order valence-electron chi connectivity index (χ3n) is 24.2. The largest absolute Gasteiger partial charge is 0.463 e. The highest BCUT2D eigenvalue weighted by Gasteiger charge is 2.62. The van der Waals surface area contributed by atoms with Crippen molar-refractivity contribution in [1.82, 2.24) is 0 Å². The van der Waals surface area contributed by atoms with Gasteiger partial charge in [-0.3, -0.25) is 9.59 Å². The lowest BCUT2D eigenvalue weighted by Gasteiger charge is -2.50. The van der Waals surface area contributed by atoms with E-state index >= 15 is 0 Å². The fraction of sp³-hybridized carbons (Fsp3) is 0.840. The summed E-state index contributed by atoms with van der Waals surface area (Å²) in [5, 5.41) is 285. The zero-order valence-corrected chi connectivity index (χ0v) is 67.0. The molecule has 33 rings (SSSR count). The molecule has 1 aromatic heterocycles. The third kappa shape index (κ3) is 20.5. The van der Waals surface area contributed by atoms with E-state index in [0.717, 1.165) is 15.0 Å². The van der Waals surface area contributed by atoms with Gasteiger partial charge < -0.3 is 208 Å². The van der Waals surface area contributed by atoms with Crippen molar-refractivity contribution in [2.24, 2.45) is 17.3 Å². The molecule has 31 heterocycles. The number of allylic oxidation sites excluding steroid dienone is 2. The molecule has 1 saturated carbocycles. The van der Waals surface area contributed by atoms with Crippen molar-refractivity contribution in [3.63, 3.8) is 0 Å². The lowest BCUT2D eigenvalue weighted by molar-refractivity contribution is -0.404. The third-order valence-corrected chi connectivity index (χ3v) is 26.0. The minimum absolute atomic E-state index is 0.122. The van der Waals surface area contributed by atoms with Crippen LogP contribution in [0, 0.1) is 17.3 Å². The van der Waals surface area contributed by atoms with Gasteiger partial charge in [-0.15, -0.1) is 11.3 Å². The van der Waals surface area contributed by atoms with E-state index in [-0.39, 0.29) is 31.5 Å². The predicted octanol–water partition coefficient (Wildman–Crippen LogP) is -10.9. The monoisotopic (exact) mass is 1780 g/mol. The van der Waals surface area contributed by atoms with Gasteiger partial charge in [0.2, 0.25) is 0 Å². The van der Waals surface area contributed by atoms with Crippen LogP contribution in [-0.4, -0.2) is 450 Å². The van der Waals surface area contributed by atoms with E-state index in [0.29, 0.717) is 30.7 Å². The molecule has 690 valence electrons. The first kappa shape index (κ1) is 96.8. The summed E-state index contributed by atoms with van der Waals surface area (Å²) in [6, 6.07) is 7.71. The highest BCUT2D eigenvalue weighted by atomic mass is 35.5. The van der Waals surface area contributed by atoms with Gasteiger partial charge in [0.05, 0.1) is 63.5 Å². The van der Waals surface area contributed by atoms with Crippen molar-refractivity contribution >= 4 is 44.8 Å². The van der Waals surface area contributed by atoms with Gasteiger partial charge in [-0.2, -0.15) is 0 Å². The first-order valence-electron chi connectivity index (χ1n) is 40.1. The molecule has 44 atom stereocenters. The molecule has 16 bridgehead atoms. The van der Waals surface area contributed by atoms with Crippen LogP contribution in [0.5, 0.6) is 0 Å². The molecule has 44 nitrogen and oxygen atoms in total. The van der Waals surface area contributed by atoms with Gasteiger partial charge in [-0.05, 0) is 56.9 Å². The minimum Gasteiger partial charge on any atom is -0.463 e. The highest BCUT2D eigenvalue weighted by Crippen LogP contribution is 2.48. The summed E-state index contributed by atoms with van der Waals surface area (Å²) in [6.45, 7) is -5.45. The van der Waals surface area contributed by atoms with Crippen molar-refractivity contribution in [3.8, 4) is 0 Å². The lowest BCUT2D eigenvalue weighted by Crippen LogP contribution is -2.69. The summed E-state index contributed by atoms with van der Waals surface area (Å²) in [7, 11) is 0. The summed E-state index contributed by atoms with van der Waals surface area (Å²) in [4.78, 5) is 28.4. The number of unbranched alkanes of at least 4 members (excludes halogenated alkanes) is 1. The number of carbonyl (C=O) groups excluding carboxylic acids is 2. The molecule has 30 aliphatic heterocycles. The van der Waals surface area contributed by atoms with Gasteiger partial charge >= 0.3 is 5.97 Å². The number of hydrogen-bond acceptors (Lipinski definition) is 45. The fourth-order valence-electron chi connectivity index (χ4n) is 17.1. The summed E-state index contributed by atoms with van der Waals surface area (Å²) in [5.74, 6) is -2.17. The molecule has 0 radical (unpaired) electrons. The Balaban J connectivity index is 0.755. The normalized spacial score (nSPS) is 46.8. The second-order valence-electron chi connectivity index (χ2n) is 32.5. The molecule has 46 heteroatoms. The molecular weight excluding hydrogens is 1670 g/mol. The SMILES string of the molecule is CC1(C)C(=O)C(CC=CCCCC(=O)OCC2OC3OC4C(CO)OC(OC5C(CO)OC(OC6C(CO)OC(OC7C(CO)OC(OC8C(CO)OC(OC9C(CO)OC(OC%10C(CO)OC(OC2C(O)C3O)C(O)C%10O)C(O)C9O)C(O)C8O)C(O)C7O)C(O)C6O)C(O)C5O)C(O)C4O)C(CCC(O)CCc2sc3ccccc3c2Cl)C1O. The Morgan fingerprint density at radius 2 is 0.727 bits per heavy atom. The van der Waals surface area contributed by atoms with Crippen molar-refractivity contribution in [1.29, 1.82) is 0 Å². The van der Waals surface area contributed by atoms with Crippen molar-refractivity contribution < 1.29 is 218 Å². The van der Waals surface area contributed by atoms with Gasteiger partial charge in [0, 0.05) is 32.7 Å². The zero-order chi connectivity index (χ0) is 87.7. The average molecular weight is 1790 g/mol. The number of thiophene rings is 1. The van der Waals surface area contributed by atoms with Gasteiger partial charge in [0.1, 0.15) is 208 Å². The van der Waals surface area contributed by atoms with E-state index in [9.17, 15) is 137 Å². The Hall–Kier alpha value is -3.29. The standard InChI is InChI=1S/C75H113ClO44S/c1-75(2)65(102)26(27(66(75)103)15-13-25(84)14-16-38-40(76)28-10-7-8-11-37(28)121-38)9-5-3-4-6-12-39(85)104-24-36-64-48(93)56(101)74(112-36)119-63-35(23-83)110-72(54(99)46(63)91)117-61-33(21-81)108-70(52(97)44(61)89)115-59-31(19-79)106-68(50(95)42(59)87)113-57-29(17-77)105-67(49(94)41(57)86)114-58-30(18-78)107-69(51(96)43(58)88)116-60-32(20-80)109-71(53(98)45(60)90)118-62-34(22-82)111-73(120-64)55(100)47(62)92/h3,5,7-8,10-11,25-27,29-36,41-64,66-74,77-84,86-101,103H,4,6,9,12-24H2,1-2H3. The number of hydrogen-bond donors (Lipinski definition) is 25. The van der Waals surface area contributed by atoms with Crippen molar-refractivity contribution in [3.05, 3.63) is 46.3 Å². The van der Waals surface area contributed by atoms with E-state index < -0.39 is 334 Å². The van der Waals surface area contributed by atoms with Crippen LogP contribution in [0.3, 0.4) is 0 Å². The summed E-state index contributed by atoms with van der Waals surface area (Å²) in [6.07, 6.45) is -81.0. The van der Waals surface area contributed by atoms with Crippen LogP contribution in [0.15, 0.2) is 36.4 Å². The lowest BCUT2D eigenvalue weighted by atomic mass is 9.85. The van der Waals surface area contributed by atoms with E-state index in [4.69, 9.17) is 92.1 Å². The number of aliphatic hydroxyl groups excluding tert-OH is 25. The first-order valence-corrected chi connectivity index (χ1v) is 41.3. The summed E-state index contributed by atoms with van der Waals surface area (Å²) >= 11 is 8.21. The number of halogens is 1. The molecule has 121 heavy (non-hydrogen) atoms. The smallest absolute Gasteiger partial charge is 0.305 e. The molecule has 0 amide bonds. The van der Waals surface area contributed by atoms with Crippen LogP contribution >= 0.6 is 22.9 Å². The number of rotatable bonds is 21. The zero-order valence-electron chi connectivity index (χ0n) is 65.4. The van der Waals surface area contributed by atoms with Crippen LogP contribution in [0.1, 0.15) is 63.7 Å². The number of fused-ring (bicyclic) bond motifs is 1. The number of benzene rings is 1. The van der Waals surface area contributed by atoms with Crippen LogP contribution < -0.4 is 0 Å². The number of ketones is 1. The van der Waals surface area contributed by atoms with Gasteiger partial charge in [0.15, 0.2) is 50.3 Å². The van der Waals surface area contributed by atoms with Crippen LogP contribution in [0.25, 0.3) is 10.1 Å². The highest BCUT2D eigenvalue weighted by molar-refractivity contribution is 7.19. The summed E-state index contributed by atoms with van der Waals surface area (Å²) in [5.41, 5.74) is -1.08. The van der Waals surface area contributed by atoms with Gasteiger partial charge in [-0.1, -0.05) is 55.8 Å². The molecule has 0 spiro atoms. The Morgan fingerprint density at radius 1 is 0.430 bits per heavy atom. The Bertz CT molecular complexity index is 3610. The maximum Gasteiger partial charge on any atom is 0.305 e. The van der Waals surface area contributed by atoms with Crippen LogP contribution in [-0.2, 0) is 96.5 Å². The topological polar surface area (TPSA) is 697 Å². The molecule has 31 aliphatic rings. The van der Waals surface area contributed by atoms with E-state index in [1.807, 2.05) is 24.3 Å². The maximum absolute atomic E-state index is 13.8. The fourth-order valence-corrected chi connectivity index (χ4v) is 18.7. The Kier molecular flexibility index (Phi) is 33.7. The summed E-state index contributed by atoms with van der Waals surface area (Å²) < 4.78 is 99.9. The second kappa shape index (κ2) is 42.1. The molecule has 25 N–H and O–H groups in total. The van der Waals surface area contributed by atoms with Crippen molar-refractivity contribution in [2.45, 2.75) is 323 Å². The number of aliphatic hydroxyl groups is 25. The molecule has 2 aromatic rings. The number of esters is 1. The van der Waals surface area contributed by atoms with E-state index in [2.05, 4.69) is 0 Å². The van der Waals surface area contributed by atoms with E-state index in [1.54, 1.807) is 37.3 Å². The van der Waals surface area contributed by atoms with Gasteiger partial charge in [-0.25, -0.2) is 0 Å². The number of aryl methyl sites for hydroxylation is 1. The molecule has 1 aliphatic carbocycles. The number of Topliss-reactive ketones (excluding diaryl/α,β-unsaturated/α-hetero) is 1. The number of carbonyl (C=O) groups is 2. The quantitative estimate of drug-likeness (QED) is 0.0313. The Morgan fingerprint density at radius 3 is 1.03 bits per heavy atom. The average Bonchev–Trinajstić information content (AvgIpc) is 1.54. The first-order chi connectivity index (χ1) is 57.6. The molecule has 31 fully saturated rings. The van der Waals surface area contributed by atoms with Gasteiger partial charge in [0.25, 0.3) is 0 Å². The molecule has 1 aromatic carbocycles. The molecule has 44 unspecified atom stereocenters. The molecular formula is C75H113ClO44S. The molecule has 30 saturated heterocycles. The Labute approximate surface area is 699 Å². The predicted molar refractivity (Wildman–Crippen MR) is 395 cm³/mol. The second-order valence-corrected chi connectivity index (χ2v) is 34.0. The van der Waals surface area contributed by atoms with Crippen LogP contribution in [0.4, 0.5) is 0 Å². The van der Waals surface area contributed by atoms with Crippen LogP contribution in [0.2, 0.25) is 5.02 Å². The van der Waals surface area contributed by atoms with E-state index in [1.165, 1.54) is 0 Å². The van der Waals surface area contributed by atoms with Crippen molar-refractivity contribution in [2.75, 3.05) is 52.9 Å². The number of ether oxygens (including phenoxy) is 17. The maximum atomic E-state index is 13.8. The minimum atomic E-state index is -2.36.